The third-order valence-electron chi connectivity index (χ3n) is 3.51. The largest absolute Gasteiger partial charge is 0.491 e. The van der Waals surface area contributed by atoms with Crippen molar-refractivity contribution < 1.29 is 23.9 Å². The van der Waals surface area contributed by atoms with E-state index in [1.54, 1.807) is 24.3 Å². The highest BCUT2D eigenvalue weighted by atomic mass is 35.5. The number of hydrogen-bond donors (Lipinski definition) is 0. The van der Waals surface area contributed by atoms with Gasteiger partial charge < -0.3 is 14.2 Å². The van der Waals surface area contributed by atoms with Gasteiger partial charge in [-0.1, -0.05) is 23.7 Å². The van der Waals surface area contributed by atoms with Gasteiger partial charge in [0, 0.05) is 12.1 Å². The van der Waals surface area contributed by atoms with E-state index >= 15 is 0 Å². The van der Waals surface area contributed by atoms with Crippen LogP contribution in [0.3, 0.4) is 0 Å². The second-order valence-corrected chi connectivity index (χ2v) is 5.70. The van der Waals surface area contributed by atoms with Crippen molar-refractivity contribution in [2.24, 2.45) is 0 Å². The molecule has 0 radical (unpaired) electrons. The summed E-state index contributed by atoms with van der Waals surface area (Å²) in [4.78, 5) is 22.4. The van der Waals surface area contributed by atoms with Crippen LogP contribution in [-0.2, 0) is 16.1 Å². The molecule has 0 bridgehead atoms. The molecule has 2 aromatic carbocycles. The summed E-state index contributed by atoms with van der Waals surface area (Å²) in [7, 11) is 1.49. The Morgan fingerprint density at radius 2 is 2.04 bits per heavy atom. The van der Waals surface area contributed by atoms with Crippen molar-refractivity contribution in [3.8, 4) is 11.5 Å². The molecule has 0 saturated carbocycles. The maximum Gasteiger partial charge on any atom is 0.331 e. The van der Waals surface area contributed by atoms with Crippen molar-refractivity contribution in [2.45, 2.75) is 13.5 Å². The van der Waals surface area contributed by atoms with Crippen LogP contribution < -0.4 is 9.47 Å². The quantitative estimate of drug-likeness (QED) is 0.286. The second kappa shape index (κ2) is 9.59. The smallest absolute Gasteiger partial charge is 0.331 e. The molecule has 0 aromatic heterocycles. The molecule has 0 amide bonds. The maximum absolute atomic E-state index is 11.9. The topological polar surface area (TPSA) is 87.9 Å². The first-order chi connectivity index (χ1) is 13.0. The van der Waals surface area contributed by atoms with Crippen molar-refractivity contribution in [1.82, 2.24) is 0 Å². The first-order valence-corrected chi connectivity index (χ1v) is 8.41. The molecule has 0 aliphatic heterocycles. The third-order valence-corrected chi connectivity index (χ3v) is 3.79. The highest BCUT2D eigenvalue weighted by Gasteiger charge is 2.14. The van der Waals surface area contributed by atoms with Gasteiger partial charge in [-0.15, -0.1) is 0 Å². The second-order valence-electron chi connectivity index (χ2n) is 5.29. The van der Waals surface area contributed by atoms with Crippen molar-refractivity contribution in [2.75, 3.05) is 13.7 Å². The lowest BCUT2D eigenvalue weighted by atomic mass is 10.2. The van der Waals surface area contributed by atoms with Crippen molar-refractivity contribution in [3.05, 3.63) is 68.7 Å². The predicted octanol–water partition coefficient (Wildman–Crippen LogP) is 4.41. The molecule has 27 heavy (non-hydrogen) atoms. The Hall–Kier alpha value is -3.06. The van der Waals surface area contributed by atoms with Gasteiger partial charge in [-0.25, -0.2) is 4.79 Å². The molecule has 0 N–H and O–H groups in total. The summed E-state index contributed by atoms with van der Waals surface area (Å²) >= 11 is 6.16. The van der Waals surface area contributed by atoms with E-state index in [0.717, 1.165) is 0 Å². The van der Waals surface area contributed by atoms with Crippen molar-refractivity contribution >= 4 is 29.3 Å². The molecule has 0 saturated heterocycles. The number of ether oxygens (including phenoxy) is 3. The van der Waals surface area contributed by atoms with E-state index in [2.05, 4.69) is 0 Å². The number of halogens is 1. The lowest BCUT2D eigenvalue weighted by molar-refractivity contribution is -0.385. The molecule has 2 rings (SSSR count). The monoisotopic (exact) mass is 391 g/mol. The first kappa shape index (κ1) is 20.3. The number of carbonyl (C=O) groups excluding carboxylic acids is 1. The van der Waals surface area contributed by atoms with Gasteiger partial charge in [-0.2, -0.15) is 0 Å². The normalized spacial score (nSPS) is 10.6. The van der Waals surface area contributed by atoms with Crippen LogP contribution in [0.2, 0.25) is 5.02 Å². The van der Waals surface area contributed by atoms with Gasteiger partial charge in [-0.3, -0.25) is 10.1 Å². The number of nitro groups is 1. The molecule has 7 nitrogen and oxygen atoms in total. The van der Waals surface area contributed by atoms with Crippen LogP contribution >= 0.6 is 11.6 Å². The van der Waals surface area contributed by atoms with E-state index in [9.17, 15) is 14.9 Å². The average molecular weight is 392 g/mol. The summed E-state index contributed by atoms with van der Waals surface area (Å²) in [5, 5.41) is 11.3. The minimum atomic E-state index is -0.641. The summed E-state index contributed by atoms with van der Waals surface area (Å²) < 4.78 is 15.7. The fourth-order valence-electron chi connectivity index (χ4n) is 2.32. The summed E-state index contributed by atoms with van der Waals surface area (Å²) in [6.07, 6.45) is 2.72. The molecule has 0 aliphatic rings. The Kier molecular flexibility index (Phi) is 7.19. The van der Waals surface area contributed by atoms with Crippen LogP contribution in [0.25, 0.3) is 6.08 Å². The van der Waals surface area contributed by atoms with Gasteiger partial charge in [0.1, 0.15) is 6.61 Å². The van der Waals surface area contributed by atoms with Crippen LogP contribution in [0, 0.1) is 10.1 Å². The molecule has 0 atom stereocenters. The zero-order valence-corrected chi connectivity index (χ0v) is 15.6. The lowest BCUT2D eigenvalue weighted by Crippen LogP contribution is -2.03. The highest BCUT2D eigenvalue weighted by molar-refractivity contribution is 6.32. The van der Waals surface area contributed by atoms with Gasteiger partial charge in [0.05, 0.1) is 29.2 Å². The number of nitro benzene ring substituents is 1. The van der Waals surface area contributed by atoms with Gasteiger partial charge in [0.25, 0.3) is 5.69 Å². The Balaban J connectivity index is 2.08. The zero-order valence-electron chi connectivity index (χ0n) is 14.8. The Bertz CT molecular complexity index is 865. The summed E-state index contributed by atoms with van der Waals surface area (Å²) in [6.45, 7) is 2.06. The molecule has 8 heteroatoms. The molecule has 2 aromatic rings. The number of carbonyl (C=O) groups is 1. The van der Waals surface area contributed by atoms with Crippen LogP contribution in [-0.4, -0.2) is 24.6 Å². The SMILES string of the molecule is CCOc1cc(/C=C/C(=O)OCc2ccccc2[N+](=O)[O-])cc(Cl)c1OC. The molecule has 0 fully saturated rings. The summed E-state index contributed by atoms with van der Waals surface area (Å²) in [5.41, 5.74) is 0.833. The van der Waals surface area contributed by atoms with Gasteiger partial charge in [0.2, 0.25) is 0 Å². The number of benzene rings is 2. The molecule has 142 valence electrons. The lowest BCUT2D eigenvalue weighted by Gasteiger charge is -2.11. The number of para-hydroxylation sites is 1. The standard InChI is InChI=1S/C19H18ClNO6/c1-3-26-17-11-13(10-15(20)19(17)25-2)8-9-18(22)27-12-14-6-4-5-7-16(14)21(23)24/h4-11H,3,12H2,1-2H3/b9-8+. The van der Waals surface area contributed by atoms with E-state index < -0.39 is 10.9 Å². The fraction of sp³-hybridized carbons (Fsp3) is 0.211. The Morgan fingerprint density at radius 1 is 1.30 bits per heavy atom. The van der Waals surface area contributed by atoms with Gasteiger partial charge in [0.15, 0.2) is 11.5 Å². The molecule has 0 unspecified atom stereocenters. The van der Waals surface area contributed by atoms with Crippen molar-refractivity contribution in [1.29, 1.82) is 0 Å². The molecule has 0 aliphatic carbocycles. The molecular weight excluding hydrogens is 374 g/mol. The number of nitrogens with zero attached hydrogens (tertiary/aromatic N) is 1. The number of rotatable bonds is 8. The zero-order chi connectivity index (χ0) is 19.8. The number of methoxy groups -OCH3 is 1. The van der Waals surface area contributed by atoms with Gasteiger partial charge in [-0.05, 0) is 36.8 Å². The Morgan fingerprint density at radius 3 is 2.70 bits per heavy atom. The minimum absolute atomic E-state index is 0.0995. The average Bonchev–Trinajstić information content (AvgIpc) is 2.65. The van der Waals surface area contributed by atoms with Crippen molar-refractivity contribution in [3.63, 3.8) is 0 Å². The van der Waals surface area contributed by atoms with E-state index in [0.29, 0.717) is 34.3 Å². The van der Waals surface area contributed by atoms with Crippen LogP contribution in [0.1, 0.15) is 18.1 Å². The molecule has 0 spiro atoms. The van der Waals surface area contributed by atoms with E-state index in [1.165, 1.54) is 31.4 Å². The summed E-state index contributed by atoms with van der Waals surface area (Å²) in [6, 6.07) is 9.38. The number of hydrogen-bond acceptors (Lipinski definition) is 6. The van der Waals surface area contributed by atoms with Gasteiger partial charge >= 0.3 is 5.97 Å². The fourth-order valence-corrected chi connectivity index (χ4v) is 2.61. The number of esters is 1. The third kappa shape index (κ3) is 5.46. The highest BCUT2D eigenvalue weighted by Crippen LogP contribution is 2.36. The maximum atomic E-state index is 11.9. The Labute approximate surface area is 161 Å². The molecular formula is C19H18ClNO6. The van der Waals surface area contributed by atoms with Crippen LogP contribution in [0.5, 0.6) is 11.5 Å². The first-order valence-electron chi connectivity index (χ1n) is 8.03. The van der Waals surface area contributed by atoms with Crippen LogP contribution in [0.4, 0.5) is 5.69 Å². The van der Waals surface area contributed by atoms with E-state index in [4.69, 9.17) is 25.8 Å². The molecule has 0 heterocycles. The predicted molar refractivity (Wildman–Crippen MR) is 101 cm³/mol. The van der Waals surface area contributed by atoms with Crippen LogP contribution in [0.15, 0.2) is 42.5 Å². The summed E-state index contributed by atoms with van der Waals surface area (Å²) in [5.74, 6) is 0.230. The van der Waals surface area contributed by atoms with E-state index in [1.807, 2.05) is 6.92 Å². The minimum Gasteiger partial charge on any atom is -0.491 e. The van der Waals surface area contributed by atoms with E-state index in [-0.39, 0.29) is 12.3 Å².